The molecule has 2 atom stereocenters. The Labute approximate surface area is 291 Å². The van der Waals surface area contributed by atoms with Crippen LogP contribution >= 0.6 is 0 Å². The summed E-state index contributed by atoms with van der Waals surface area (Å²) >= 11 is 0. The molecule has 3 heterocycles. The van der Waals surface area contributed by atoms with Gasteiger partial charge in [0.25, 0.3) is 11.8 Å². The number of hydrogen-bond donors (Lipinski definition) is 0. The molecule has 3 aromatic rings. The van der Waals surface area contributed by atoms with Crippen LogP contribution in [0.3, 0.4) is 0 Å². The lowest BCUT2D eigenvalue weighted by Crippen LogP contribution is -2.69. The van der Waals surface area contributed by atoms with Crippen LogP contribution in [0.4, 0.5) is 32.0 Å². The second kappa shape index (κ2) is 15.6. The third kappa shape index (κ3) is 8.24. The quantitative estimate of drug-likeness (QED) is 0.127. The van der Waals surface area contributed by atoms with Crippen LogP contribution in [0.25, 0.3) is 0 Å². The van der Waals surface area contributed by atoms with E-state index in [0.29, 0.717) is 38.1 Å². The SMILES string of the molecule is C=CCC1N(C(=O)c2cnccc2C(F)(F)F)CCCC1(Oc1ccc(C(F)(F)F)cc1)C(=O)N1CCN(c2ccccc2OCCOC)CC1. The van der Waals surface area contributed by atoms with E-state index in [1.54, 1.807) is 12.0 Å². The van der Waals surface area contributed by atoms with Crippen molar-refractivity contribution in [1.29, 1.82) is 0 Å². The number of amides is 2. The first-order chi connectivity index (χ1) is 24.3. The highest BCUT2D eigenvalue weighted by Crippen LogP contribution is 2.40. The van der Waals surface area contributed by atoms with Crippen molar-refractivity contribution in [2.45, 2.75) is 43.3 Å². The molecule has 5 rings (SSSR count). The van der Waals surface area contributed by atoms with E-state index >= 15 is 0 Å². The zero-order valence-electron chi connectivity index (χ0n) is 27.9. The minimum Gasteiger partial charge on any atom is -0.489 e. The van der Waals surface area contributed by atoms with Gasteiger partial charge in [-0.05, 0) is 55.3 Å². The van der Waals surface area contributed by atoms with Gasteiger partial charge in [0.15, 0.2) is 0 Å². The Bertz CT molecular complexity index is 1680. The molecule has 2 fully saturated rings. The summed E-state index contributed by atoms with van der Waals surface area (Å²) in [6, 6.07) is 10.8. The van der Waals surface area contributed by atoms with Crippen LogP contribution in [-0.4, -0.2) is 91.3 Å². The standard InChI is InChI=1S/C36H38F6N4O5/c1-3-7-31-34(51-26-12-10-25(11-13-26)35(37,38)39,15-6-17-46(31)32(47)27-24-43-16-14-28(27)36(40,41)42)33(48)45-20-18-44(19-21-45)29-8-4-5-9-30(29)50-23-22-49-2/h3-5,8-14,16,24,31H,1,6-7,15,17-23H2,2H3. The molecule has 0 N–H and O–H groups in total. The topological polar surface area (TPSA) is 84.4 Å². The third-order valence-corrected chi connectivity index (χ3v) is 9.03. The number of piperidine rings is 1. The molecule has 2 aliphatic rings. The number of halogens is 6. The third-order valence-electron chi connectivity index (χ3n) is 9.03. The van der Waals surface area contributed by atoms with Gasteiger partial charge in [-0.25, -0.2) is 0 Å². The summed E-state index contributed by atoms with van der Waals surface area (Å²) in [4.78, 5) is 37.3. The highest BCUT2D eigenvalue weighted by atomic mass is 19.4. The van der Waals surface area contributed by atoms with Crippen molar-refractivity contribution < 1.29 is 50.1 Å². The number of pyridine rings is 1. The first-order valence-corrected chi connectivity index (χ1v) is 16.3. The van der Waals surface area contributed by atoms with Crippen LogP contribution in [-0.2, 0) is 21.9 Å². The predicted molar refractivity (Wildman–Crippen MR) is 176 cm³/mol. The predicted octanol–water partition coefficient (Wildman–Crippen LogP) is 6.49. The Morgan fingerprint density at radius 2 is 1.65 bits per heavy atom. The van der Waals surface area contributed by atoms with Gasteiger partial charge in [0.2, 0.25) is 5.60 Å². The number of benzene rings is 2. The Morgan fingerprint density at radius 3 is 2.29 bits per heavy atom. The average molecular weight is 721 g/mol. The molecule has 2 aliphatic heterocycles. The second-order valence-electron chi connectivity index (χ2n) is 12.2. The Kier molecular flexibility index (Phi) is 11.5. The number of anilines is 1. The number of methoxy groups -OCH3 is 1. The molecule has 0 aliphatic carbocycles. The maximum atomic E-state index is 14.8. The number of carbonyl (C=O) groups excluding carboxylic acids is 2. The summed E-state index contributed by atoms with van der Waals surface area (Å²) in [5, 5.41) is 0. The monoisotopic (exact) mass is 720 g/mol. The van der Waals surface area contributed by atoms with Gasteiger partial charge in [-0.15, -0.1) is 6.58 Å². The molecule has 2 unspecified atom stereocenters. The molecule has 15 heteroatoms. The van der Waals surface area contributed by atoms with E-state index in [2.05, 4.69) is 11.6 Å². The lowest BCUT2D eigenvalue weighted by atomic mass is 9.80. The molecule has 0 radical (unpaired) electrons. The van der Waals surface area contributed by atoms with Gasteiger partial charge >= 0.3 is 12.4 Å². The Hall–Kier alpha value is -4.79. The fourth-order valence-electron chi connectivity index (χ4n) is 6.60. The number of aromatic nitrogens is 1. The number of alkyl halides is 6. The highest BCUT2D eigenvalue weighted by molar-refractivity contribution is 5.97. The molecule has 1 aromatic heterocycles. The summed E-state index contributed by atoms with van der Waals surface area (Å²) in [7, 11) is 1.57. The number of piperazine rings is 1. The van der Waals surface area contributed by atoms with Gasteiger partial charge in [-0.2, -0.15) is 26.3 Å². The summed E-state index contributed by atoms with van der Waals surface area (Å²) in [6.45, 7) is 5.67. The molecule has 2 saturated heterocycles. The summed E-state index contributed by atoms with van der Waals surface area (Å²) in [6.07, 6.45) is -6.17. The van der Waals surface area contributed by atoms with E-state index in [1.165, 1.54) is 11.0 Å². The van der Waals surface area contributed by atoms with E-state index in [9.17, 15) is 35.9 Å². The molecule has 0 saturated carbocycles. The van der Waals surface area contributed by atoms with Gasteiger partial charge in [-0.1, -0.05) is 18.2 Å². The normalized spacial score (nSPS) is 19.8. The number of ether oxygens (including phenoxy) is 3. The van der Waals surface area contributed by atoms with Crippen LogP contribution in [0, 0.1) is 0 Å². The smallest absolute Gasteiger partial charge is 0.417 e. The van der Waals surface area contributed by atoms with Crippen LogP contribution < -0.4 is 14.4 Å². The minimum absolute atomic E-state index is 0.0113. The largest absolute Gasteiger partial charge is 0.489 e. The van der Waals surface area contributed by atoms with Crippen LogP contribution in [0.2, 0.25) is 0 Å². The van der Waals surface area contributed by atoms with Gasteiger partial charge in [0.1, 0.15) is 18.1 Å². The lowest BCUT2D eigenvalue weighted by Gasteiger charge is -2.50. The molecule has 2 aromatic carbocycles. The molecule has 2 amide bonds. The van der Waals surface area contributed by atoms with E-state index < -0.39 is 52.5 Å². The average Bonchev–Trinajstić information content (AvgIpc) is 3.12. The number of likely N-dealkylation sites (tertiary alicyclic amines) is 1. The number of rotatable bonds is 11. The van der Waals surface area contributed by atoms with Crippen LogP contribution in [0.15, 0.2) is 79.6 Å². The van der Waals surface area contributed by atoms with Crippen molar-refractivity contribution in [2.75, 3.05) is 57.9 Å². The number of para-hydroxylation sites is 2. The molecule has 51 heavy (non-hydrogen) atoms. The van der Waals surface area contributed by atoms with Crippen molar-refractivity contribution in [2.24, 2.45) is 0 Å². The highest BCUT2D eigenvalue weighted by Gasteiger charge is 2.56. The molecule has 274 valence electrons. The zero-order valence-corrected chi connectivity index (χ0v) is 27.9. The van der Waals surface area contributed by atoms with Gasteiger partial charge < -0.3 is 28.9 Å². The van der Waals surface area contributed by atoms with E-state index in [-0.39, 0.29) is 44.6 Å². The van der Waals surface area contributed by atoms with Crippen molar-refractivity contribution >= 4 is 17.5 Å². The fourth-order valence-corrected chi connectivity index (χ4v) is 6.60. The van der Waals surface area contributed by atoms with Gasteiger partial charge in [0, 0.05) is 58.6 Å². The van der Waals surface area contributed by atoms with Crippen LogP contribution in [0.5, 0.6) is 11.5 Å². The molecular weight excluding hydrogens is 682 g/mol. The summed E-state index contributed by atoms with van der Waals surface area (Å²) in [5.74, 6) is -0.987. The molecular formula is C36H38F6N4O5. The van der Waals surface area contributed by atoms with Gasteiger partial charge in [-0.3, -0.25) is 14.6 Å². The Morgan fingerprint density at radius 1 is 0.941 bits per heavy atom. The minimum atomic E-state index is -4.87. The maximum Gasteiger partial charge on any atom is 0.417 e. The Balaban J connectivity index is 1.49. The van der Waals surface area contributed by atoms with E-state index in [4.69, 9.17) is 14.2 Å². The summed E-state index contributed by atoms with van der Waals surface area (Å²) in [5.41, 5.74) is -3.89. The van der Waals surface area contributed by atoms with Crippen molar-refractivity contribution in [3.05, 3.63) is 96.3 Å². The fraction of sp³-hybridized carbons (Fsp3) is 0.417. The van der Waals surface area contributed by atoms with E-state index in [0.717, 1.165) is 42.3 Å². The van der Waals surface area contributed by atoms with Gasteiger partial charge in [0.05, 0.1) is 35.0 Å². The number of nitrogens with zero attached hydrogens (tertiary/aromatic N) is 4. The van der Waals surface area contributed by atoms with E-state index in [1.807, 2.05) is 29.2 Å². The summed E-state index contributed by atoms with van der Waals surface area (Å²) < 4.78 is 99.6. The lowest BCUT2D eigenvalue weighted by molar-refractivity contribution is -0.159. The first kappa shape index (κ1) is 37.5. The van der Waals surface area contributed by atoms with Crippen molar-refractivity contribution in [3.63, 3.8) is 0 Å². The van der Waals surface area contributed by atoms with Crippen LogP contribution in [0.1, 0.15) is 40.7 Å². The zero-order chi connectivity index (χ0) is 36.8. The maximum absolute atomic E-state index is 14.8. The molecule has 0 spiro atoms. The molecule has 0 bridgehead atoms. The number of hydrogen-bond acceptors (Lipinski definition) is 7. The molecule has 9 nitrogen and oxygen atoms in total. The second-order valence-corrected chi connectivity index (χ2v) is 12.2. The number of carbonyl (C=O) groups is 2. The van der Waals surface area contributed by atoms with Crippen molar-refractivity contribution in [3.8, 4) is 11.5 Å². The first-order valence-electron chi connectivity index (χ1n) is 16.3. The van der Waals surface area contributed by atoms with Crippen molar-refractivity contribution in [1.82, 2.24) is 14.8 Å².